The number of carbonyl (C=O) groups excluding carboxylic acids is 3. The fraction of sp³-hybridized carbons (Fsp3) is 0.185. The van der Waals surface area contributed by atoms with Gasteiger partial charge in [-0.2, -0.15) is 5.26 Å². The first-order valence-corrected chi connectivity index (χ1v) is 11.8. The molecule has 0 atom stereocenters. The van der Waals surface area contributed by atoms with Crippen LogP contribution in [-0.4, -0.2) is 41.4 Å². The molecule has 1 aliphatic heterocycles. The molecule has 0 radical (unpaired) electrons. The molecule has 3 aromatic rings. The van der Waals surface area contributed by atoms with Gasteiger partial charge in [0.1, 0.15) is 18.1 Å². The van der Waals surface area contributed by atoms with Crippen LogP contribution >= 0.6 is 0 Å². The third kappa shape index (κ3) is 5.76. The van der Waals surface area contributed by atoms with E-state index in [9.17, 15) is 29.8 Å². The summed E-state index contributed by atoms with van der Waals surface area (Å²) in [5, 5.41) is 23.7. The van der Waals surface area contributed by atoms with Gasteiger partial charge in [0.15, 0.2) is 5.75 Å². The van der Waals surface area contributed by atoms with E-state index < -0.39 is 28.5 Å². The zero-order valence-electron chi connectivity index (χ0n) is 21.3. The lowest BCUT2D eigenvalue weighted by atomic mass is 10.1. The smallest absolute Gasteiger partial charge is 0.373 e. The predicted octanol–water partition coefficient (Wildman–Crippen LogP) is 3.92. The number of nitro groups is 1. The first-order chi connectivity index (χ1) is 19.2. The Labute approximate surface area is 227 Å². The van der Waals surface area contributed by atoms with Crippen molar-refractivity contribution < 1.29 is 37.9 Å². The highest BCUT2D eigenvalue weighted by atomic mass is 16.6. The van der Waals surface area contributed by atoms with Gasteiger partial charge in [-0.25, -0.2) is 9.59 Å². The lowest BCUT2D eigenvalue weighted by Crippen LogP contribution is -2.30. The average molecular weight is 546 g/mol. The molecule has 204 valence electrons. The number of urea groups is 1. The van der Waals surface area contributed by atoms with Crippen LogP contribution in [0, 0.1) is 21.4 Å². The number of imide groups is 1. The number of benzene rings is 2. The number of amides is 3. The van der Waals surface area contributed by atoms with Crippen molar-refractivity contribution in [2.75, 3.05) is 13.7 Å². The molecule has 3 amide bonds. The van der Waals surface area contributed by atoms with E-state index in [-0.39, 0.29) is 54.0 Å². The number of hydrogen-bond donors (Lipinski definition) is 1. The monoisotopic (exact) mass is 546 g/mol. The van der Waals surface area contributed by atoms with Gasteiger partial charge >= 0.3 is 17.7 Å². The van der Waals surface area contributed by atoms with Crippen molar-refractivity contribution in [2.45, 2.75) is 20.1 Å². The second kappa shape index (κ2) is 11.8. The lowest BCUT2D eigenvalue weighted by Gasteiger charge is -2.14. The Balaban J connectivity index is 1.61. The summed E-state index contributed by atoms with van der Waals surface area (Å²) in [6.07, 6.45) is 1.27. The van der Waals surface area contributed by atoms with Gasteiger partial charge < -0.3 is 23.9 Å². The number of nitriles is 1. The predicted molar refractivity (Wildman–Crippen MR) is 137 cm³/mol. The Kier molecular flexibility index (Phi) is 8.10. The Morgan fingerprint density at radius 1 is 1.20 bits per heavy atom. The van der Waals surface area contributed by atoms with E-state index in [1.165, 1.54) is 37.5 Å². The number of esters is 1. The summed E-state index contributed by atoms with van der Waals surface area (Å²) in [6.45, 7) is 1.45. The summed E-state index contributed by atoms with van der Waals surface area (Å²) in [4.78, 5) is 49.2. The third-order valence-corrected chi connectivity index (χ3v) is 5.70. The van der Waals surface area contributed by atoms with E-state index in [1.54, 1.807) is 31.2 Å². The van der Waals surface area contributed by atoms with Crippen molar-refractivity contribution in [2.24, 2.45) is 0 Å². The van der Waals surface area contributed by atoms with Crippen LogP contribution in [0.2, 0.25) is 0 Å². The molecule has 2 aromatic carbocycles. The summed E-state index contributed by atoms with van der Waals surface area (Å²) in [7, 11) is 1.19. The number of rotatable bonds is 10. The highest BCUT2D eigenvalue weighted by Crippen LogP contribution is 2.40. The van der Waals surface area contributed by atoms with Crippen molar-refractivity contribution in [3.05, 3.63) is 92.6 Å². The molecule has 1 aliphatic rings. The maximum absolute atomic E-state index is 13.0. The molecule has 0 aliphatic carbocycles. The van der Waals surface area contributed by atoms with Crippen molar-refractivity contribution >= 4 is 29.7 Å². The second-order valence-electron chi connectivity index (χ2n) is 8.25. The van der Waals surface area contributed by atoms with E-state index in [2.05, 4.69) is 10.1 Å². The number of nitro benzene ring substituents is 1. The standard InChI is InChI=1S/C27H22N4O9/c1-3-38-23-12-16(11-21(31(35)36)24(23)39-15-18-7-5-4-6-17(18)13-28)10-20-25(32)30(27(34)29-20)14-19-8-9-22(40-19)26(33)37-2/h4-12H,3,14-15H2,1-2H3,(H,29,34)/b20-10-. The van der Waals surface area contributed by atoms with Crippen molar-refractivity contribution in [1.82, 2.24) is 10.2 Å². The minimum Gasteiger partial charge on any atom is -0.490 e. The minimum atomic E-state index is -0.747. The van der Waals surface area contributed by atoms with Gasteiger partial charge in [-0.05, 0) is 42.8 Å². The van der Waals surface area contributed by atoms with Crippen molar-refractivity contribution in [1.29, 1.82) is 5.26 Å². The first-order valence-electron chi connectivity index (χ1n) is 11.8. The summed E-state index contributed by atoms with van der Waals surface area (Å²) in [5.74, 6) is -1.46. The van der Waals surface area contributed by atoms with Crippen LogP contribution < -0.4 is 14.8 Å². The molecular formula is C27H22N4O9. The Hall–Kier alpha value is -5.64. The number of nitrogens with zero attached hydrogens (tertiary/aromatic N) is 3. The third-order valence-electron chi connectivity index (χ3n) is 5.70. The minimum absolute atomic E-state index is 0.0394. The molecule has 0 saturated carbocycles. The fourth-order valence-corrected chi connectivity index (χ4v) is 3.85. The second-order valence-corrected chi connectivity index (χ2v) is 8.25. The zero-order valence-corrected chi connectivity index (χ0v) is 21.3. The number of methoxy groups -OCH3 is 1. The molecule has 1 saturated heterocycles. The number of ether oxygens (including phenoxy) is 3. The van der Waals surface area contributed by atoms with Gasteiger partial charge in [-0.3, -0.25) is 19.8 Å². The zero-order chi connectivity index (χ0) is 28.8. The van der Waals surface area contributed by atoms with Crippen molar-refractivity contribution in [3.8, 4) is 17.6 Å². The lowest BCUT2D eigenvalue weighted by molar-refractivity contribution is -0.386. The average Bonchev–Trinajstić information content (AvgIpc) is 3.52. The van der Waals surface area contributed by atoms with Crippen molar-refractivity contribution in [3.63, 3.8) is 0 Å². The van der Waals surface area contributed by atoms with Crippen LogP contribution in [0.15, 0.2) is 58.6 Å². The fourth-order valence-electron chi connectivity index (χ4n) is 3.85. The number of carbonyl (C=O) groups is 3. The molecule has 1 aromatic heterocycles. The van der Waals surface area contributed by atoms with Crippen LogP contribution in [-0.2, 0) is 22.7 Å². The summed E-state index contributed by atoms with van der Waals surface area (Å²) in [5.41, 5.74) is 0.504. The van der Waals surface area contributed by atoms with Crippen LogP contribution in [0.1, 0.15) is 39.9 Å². The van der Waals surface area contributed by atoms with Gasteiger partial charge in [0.05, 0.1) is 36.8 Å². The Morgan fingerprint density at radius 3 is 2.67 bits per heavy atom. The number of nitrogens with one attached hydrogen (secondary N) is 1. The van der Waals surface area contributed by atoms with Gasteiger partial charge in [-0.15, -0.1) is 0 Å². The topological polar surface area (TPSA) is 174 Å². The molecule has 0 spiro atoms. The van der Waals surface area contributed by atoms with Gasteiger partial charge in [0.25, 0.3) is 5.91 Å². The molecular weight excluding hydrogens is 524 g/mol. The molecule has 13 nitrogen and oxygen atoms in total. The van der Waals surface area contributed by atoms with E-state index in [0.717, 1.165) is 4.90 Å². The van der Waals surface area contributed by atoms with Gasteiger partial charge in [0.2, 0.25) is 11.5 Å². The molecule has 13 heteroatoms. The highest BCUT2D eigenvalue weighted by Gasteiger charge is 2.35. The summed E-state index contributed by atoms with van der Waals surface area (Å²) >= 11 is 0. The molecule has 1 N–H and O–H groups in total. The molecule has 1 fully saturated rings. The first kappa shape index (κ1) is 27.4. The number of furan rings is 1. The molecule has 2 heterocycles. The Morgan fingerprint density at radius 2 is 1.98 bits per heavy atom. The molecule has 0 unspecified atom stereocenters. The van der Waals surface area contributed by atoms with Gasteiger partial charge in [-0.1, -0.05) is 18.2 Å². The van der Waals surface area contributed by atoms with E-state index in [4.69, 9.17) is 13.9 Å². The molecule has 0 bridgehead atoms. The van der Waals surface area contributed by atoms with E-state index >= 15 is 0 Å². The maximum atomic E-state index is 13.0. The maximum Gasteiger partial charge on any atom is 0.373 e. The van der Waals surface area contributed by atoms with Crippen LogP contribution in [0.25, 0.3) is 6.08 Å². The highest BCUT2D eigenvalue weighted by molar-refractivity contribution is 6.13. The van der Waals surface area contributed by atoms with Crippen LogP contribution in [0.5, 0.6) is 11.5 Å². The number of hydrogen-bond acceptors (Lipinski definition) is 10. The van der Waals surface area contributed by atoms with Gasteiger partial charge in [0, 0.05) is 11.6 Å². The quantitative estimate of drug-likeness (QED) is 0.129. The largest absolute Gasteiger partial charge is 0.490 e. The molecule has 4 rings (SSSR count). The normalized spacial score (nSPS) is 13.6. The summed E-state index contributed by atoms with van der Waals surface area (Å²) in [6, 6.07) is 13.4. The Bertz CT molecular complexity index is 1570. The van der Waals surface area contributed by atoms with E-state index in [1.807, 2.05) is 6.07 Å². The SMILES string of the molecule is CCOc1cc(/C=C2\NC(=O)N(Cc3ccc(C(=O)OC)o3)C2=O)cc([N+](=O)[O-])c1OCc1ccccc1C#N. The van der Waals surface area contributed by atoms with E-state index in [0.29, 0.717) is 11.1 Å². The molecule has 40 heavy (non-hydrogen) atoms. The van der Waals surface area contributed by atoms with Crippen LogP contribution in [0.4, 0.5) is 10.5 Å². The van der Waals surface area contributed by atoms with Crippen LogP contribution in [0.3, 0.4) is 0 Å². The summed E-state index contributed by atoms with van der Waals surface area (Å²) < 4.78 is 21.3.